The highest BCUT2D eigenvalue weighted by molar-refractivity contribution is 5.29. The lowest BCUT2D eigenvalue weighted by Gasteiger charge is -2.11. The number of halogens is 3. The normalized spacial score (nSPS) is 13.7. The number of aliphatic hydroxyl groups is 1. The number of hydrogen-bond acceptors (Lipinski definition) is 4. The van der Waals surface area contributed by atoms with Crippen molar-refractivity contribution in [2.75, 3.05) is 7.11 Å². The molecule has 0 aliphatic heterocycles. The Morgan fingerprint density at radius 2 is 2.00 bits per heavy atom. The highest BCUT2D eigenvalue weighted by atomic mass is 19.4. The van der Waals surface area contributed by atoms with Gasteiger partial charge in [0.15, 0.2) is 5.69 Å². The van der Waals surface area contributed by atoms with Crippen LogP contribution in [0.15, 0.2) is 6.07 Å². The fourth-order valence-corrected chi connectivity index (χ4v) is 0.991. The lowest BCUT2D eigenvalue weighted by atomic mass is 10.1. The molecule has 0 bridgehead atoms. The van der Waals surface area contributed by atoms with E-state index < -0.39 is 18.0 Å². The molecule has 0 aromatic carbocycles. The molecule has 0 amide bonds. The Labute approximate surface area is 83.7 Å². The van der Waals surface area contributed by atoms with Crippen LogP contribution in [-0.4, -0.2) is 22.4 Å². The Balaban J connectivity index is 3.22. The van der Waals surface area contributed by atoms with E-state index >= 15 is 0 Å². The van der Waals surface area contributed by atoms with Gasteiger partial charge in [-0.2, -0.15) is 13.2 Å². The van der Waals surface area contributed by atoms with Crippen molar-refractivity contribution in [2.45, 2.75) is 19.2 Å². The molecule has 0 saturated carbocycles. The number of aromatic nitrogens is 2. The van der Waals surface area contributed by atoms with Crippen molar-refractivity contribution >= 4 is 0 Å². The molecular formula is C8H9F3N2O2. The number of aliphatic hydroxyl groups excluding tert-OH is 1. The van der Waals surface area contributed by atoms with Crippen LogP contribution in [0.3, 0.4) is 0 Å². The standard InChI is InChI=1S/C8H9F3N2O2/c1-4(14)5-3-6(8(9,10)11)12-13-7(5)15-2/h3-4,14H,1-2H3. The van der Waals surface area contributed by atoms with Crippen LogP contribution < -0.4 is 4.74 Å². The minimum atomic E-state index is -4.58. The summed E-state index contributed by atoms with van der Waals surface area (Å²) in [5.74, 6) is -0.113. The van der Waals surface area contributed by atoms with Crippen molar-refractivity contribution in [1.29, 1.82) is 0 Å². The van der Waals surface area contributed by atoms with E-state index in [9.17, 15) is 18.3 Å². The van der Waals surface area contributed by atoms with Crippen LogP contribution >= 0.6 is 0 Å². The number of methoxy groups -OCH3 is 1. The molecule has 1 N–H and O–H groups in total. The third-order valence-electron chi connectivity index (χ3n) is 1.72. The van der Waals surface area contributed by atoms with Crippen molar-refractivity contribution in [1.82, 2.24) is 10.2 Å². The van der Waals surface area contributed by atoms with Gasteiger partial charge in [0, 0.05) is 5.56 Å². The van der Waals surface area contributed by atoms with Crippen LogP contribution in [0.2, 0.25) is 0 Å². The minimum Gasteiger partial charge on any atom is -0.480 e. The van der Waals surface area contributed by atoms with E-state index in [4.69, 9.17) is 0 Å². The Kier molecular flexibility index (Phi) is 3.13. The van der Waals surface area contributed by atoms with Gasteiger partial charge >= 0.3 is 6.18 Å². The van der Waals surface area contributed by atoms with Crippen LogP contribution in [-0.2, 0) is 6.18 Å². The van der Waals surface area contributed by atoms with Crippen LogP contribution in [0.1, 0.15) is 24.3 Å². The van der Waals surface area contributed by atoms with Crippen molar-refractivity contribution in [2.24, 2.45) is 0 Å². The zero-order valence-electron chi connectivity index (χ0n) is 8.04. The molecule has 1 aromatic rings. The molecule has 0 radical (unpaired) electrons. The zero-order valence-corrected chi connectivity index (χ0v) is 8.04. The zero-order chi connectivity index (χ0) is 11.6. The molecule has 84 valence electrons. The van der Waals surface area contributed by atoms with E-state index in [1.165, 1.54) is 14.0 Å². The van der Waals surface area contributed by atoms with Crippen molar-refractivity contribution < 1.29 is 23.0 Å². The Hall–Kier alpha value is -1.37. The smallest absolute Gasteiger partial charge is 0.435 e. The van der Waals surface area contributed by atoms with Crippen molar-refractivity contribution in [3.05, 3.63) is 17.3 Å². The highest BCUT2D eigenvalue weighted by Crippen LogP contribution is 2.31. The number of hydrogen-bond donors (Lipinski definition) is 1. The maximum absolute atomic E-state index is 12.2. The Bertz CT molecular complexity index is 352. The van der Waals surface area contributed by atoms with Gasteiger partial charge in [-0.05, 0) is 13.0 Å². The maximum atomic E-state index is 12.2. The lowest BCUT2D eigenvalue weighted by Crippen LogP contribution is -2.12. The summed E-state index contributed by atoms with van der Waals surface area (Å²) in [7, 11) is 1.24. The average Bonchev–Trinajstić information content (AvgIpc) is 2.15. The van der Waals surface area contributed by atoms with Crippen molar-refractivity contribution in [3.8, 4) is 5.88 Å². The SMILES string of the molecule is COc1nnc(C(F)(F)F)cc1C(C)O. The van der Waals surface area contributed by atoms with Gasteiger partial charge in [0.05, 0.1) is 13.2 Å². The molecule has 0 spiro atoms. The predicted molar refractivity (Wildman–Crippen MR) is 44.2 cm³/mol. The number of nitrogens with zero attached hydrogens (tertiary/aromatic N) is 2. The van der Waals surface area contributed by atoms with E-state index in [2.05, 4.69) is 14.9 Å². The summed E-state index contributed by atoms with van der Waals surface area (Å²) in [4.78, 5) is 0. The van der Waals surface area contributed by atoms with Gasteiger partial charge in [-0.25, -0.2) is 0 Å². The second kappa shape index (κ2) is 4.01. The molecule has 1 unspecified atom stereocenters. The highest BCUT2D eigenvalue weighted by Gasteiger charge is 2.34. The Morgan fingerprint density at radius 3 is 2.40 bits per heavy atom. The van der Waals surface area contributed by atoms with Gasteiger partial charge < -0.3 is 9.84 Å². The first-order valence-corrected chi connectivity index (χ1v) is 4.03. The topological polar surface area (TPSA) is 55.2 Å². The number of ether oxygens (including phenoxy) is 1. The summed E-state index contributed by atoms with van der Waals surface area (Å²) in [5.41, 5.74) is -1.20. The van der Waals surface area contributed by atoms with E-state index in [0.29, 0.717) is 0 Å². The van der Waals surface area contributed by atoms with Gasteiger partial charge in [-0.15, -0.1) is 10.2 Å². The van der Waals surface area contributed by atoms with Gasteiger partial charge in [0.2, 0.25) is 5.88 Å². The fraction of sp³-hybridized carbons (Fsp3) is 0.500. The summed E-state index contributed by atoms with van der Waals surface area (Å²) in [6.07, 6.45) is -5.68. The molecule has 0 aliphatic carbocycles. The molecule has 0 saturated heterocycles. The minimum absolute atomic E-state index is 0.0418. The average molecular weight is 222 g/mol. The molecule has 4 nitrogen and oxygen atoms in total. The number of alkyl halides is 3. The molecular weight excluding hydrogens is 213 g/mol. The molecule has 0 aliphatic rings. The summed E-state index contributed by atoms with van der Waals surface area (Å²) >= 11 is 0. The van der Waals surface area contributed by atoms with E-state index in [1.807, 2.05) is 0 Å². The van der Waals surface area contributed by atoms with Gasteiger partial charge in [-0.1, -0.05) is 0 Å². The van der Waals surface area contributed by atoms with Gasteiger partial charge in [-0.3, -0.25) is 0 Å². The fourth-order valence-electron chi connectivity index (χ4n) is 0.991. The molecule has 1 atom stereocenters. The maximum Gasteiger partial charge on any atom is 0.435 e. The first-order chi connectivity index (χ1) is 6.86. The monoisotopic (exact) mass is 222 g/mol. The molecule has 1 rings (SSSR count). The number of rotatable bonds is 2. The van der Waals surface area contributed by atoms with Gasteiger partial charge in [0.25, 0.3) is 0 Å². The van der Waals surface area contributed by atoms with Gasteiger partial charge in [0.1, 0.15) is 0 Å². The van der Waals surface area contributed by atoms with Crippen LogP contribution in [0.25, 0.3) is 0 Å². The quantitative estimate of drug-likeness (QED) is 0.824. The second-order valence-corrected chi connectivity index (χ2v) is 2.87. The molecule has 15 heavy (non-hydrogen) atoms. The van der Waals surface area contributed by atoms with Crippen LogP contribution in [0.5, 0.6) is 5.88 Å². The summed E-state index contributed by atoms with van der Waals surface area (Å²) < 4.78 is 41.4. The molecule has 1 heterocycles. The summed E-state index contributed by atoms with van der Waals surface area (Å²) in [6.45, 7) is 1.32. The van der Waals surface area contributed by atoms with Crippen molar-refractivity contribution in [3.63, 3.8) is 0 Å². The summed E-state index contributed by atoms with van der Waals surface area (Å²) in [5, 5.41) is 15.4. The van der Waals surface area contributed by atoms with Crippen LogP contribution in [0, 0.1) is 0 Å². The van der Waals surface area contributed by atoms with E-state index in [-0.39, 0.29) is 11.4 Å². The largest absolute Gasteiger partial charge is 0.480 e. The van der Waals surface area contributed by atoms with E-state index in [1.54, 1.807) is 0 Å². The third kappa shape index (κ3) is 2.56. The molecule has 1 aromatic heterocycles. The Morgan fingerprint density at radius 1 is 1.40 bits per heavy atom. The van der Waals surface area contributed by atoms with Crippen LogP contribution in [0.4, 0.5) is 13.2 Å². The predicted octanol–water partition coefficient (Wildman–Crippen LogP) is 1.56. The second-order valence-electron chi connectivity index (χ2n) is 2.87. The third-order valence-corrected chi connectivity index (χ3v) is 1.72. The summed E-state index contributed by atoms with van der Waals surface area (Å²) in [6, 6.07) is 0.719. The lowest BCUT2D eigenvalue weighted by molar-refractivity contribution is -0.141. The first-order valence-electron chi connectivity index (χ1n) is 4.03. The molecule has 7 heteroatoms. The first kappa shape index (κ1) is 11.7. The molecule has 0 fully saturated rings. The van der Waals surface area contributed by atoms with E-state index in [0.717, 1.165) is 6.07 Å².